The zero-order valence-electron chi connectivity index (χ0n) is 7.50. The van der Waals surface area contributed by atoms with Crippen LogP contribution in [0.5, 0.6) is 0 Å². The first-order valence-electron chi connectivity index (χ1n) is 3.88. The van der Waals surface area contributed by atoms with Gasteiger partial charge in [0.25, 0.3) is 0 Å². The molecule has 0 bridgehead atoms. The largest absolute Gasteiger partial charge is 0.487 e. The molecule has 3 nitrogen and oxygen atoms in total. The highest BCUT2D eigenvalue weighted by molar-refractivity contribution is 5.86. The summed E-state index contributed by atoms with van der Waals surface area (Å²) >= 11 is 0. The summed E-state index contributed by atoms with van der Waals surface area (Å²) in [5, 5.41) is 0. The second-order valence-electron chi connectivity index (χ2n) is 1.92. The summed E-state index contributed by atoms with van der Waals surface area (Å²) < 4.78 is 9.74. The molecule has 0 aromatic rings. The van der Waals surface area contributed by atoms with Crippen LogP contribution in [-0.2, 0) is 14.3 Å². The Bertz CT molecular complexity index is 182. The molecule has 0 saturated heterocycles. The lowest BCUT2D eigenvalue weighted by molar-refractivity contribution is -0.142. The lowest BCUT2D eigenvalue weighted by Gasteiger charge is -2.05. The minimum Gasteiger partial charge on any atom is -0.487 e. The summed E-state index contributed by atoms with van der Waals surface area (Å²) in [5.41, 5.74) is 0. The molecule has 0 fully saturated rings. The molecule has 0 radical (unpaired) electrons. The Morgan fingerprint density at radius 1 is 1.33 bits per heavy atom. The highest BCUT2D eigenvalue weighted by Crippen LogP contribution is 2.00. The first-order chi connectivity index (χ1) is 5.76. The fourth-order valence-electron chi connectivity index (χ4n) is 0.640. The molecule has 68 valence electrons. The summed E-state index contributed by atoms with van der Waals surface area (Å²) in [4.78, 5) is 11.1. The van der Waals surface area contributed by atoms with Gasteiger partial charge < -0.3 is 9.47 Å². The van der Waals surface area contributed by atoms with E-state index in [1.807, 2.05) is 0 Å². The molecule has 0 rings (SSSR count). The van der Waals surface area contributed by atoms with Gasteiger partial charge in [-0.3, -0.25) is 0 Å². The van der Waals surface area contributed by atoms with Gasteiger partial charge in [0.05, 0.1) is 13.2 Å². The third kappa shape index (κ3) is 3.81. The summed E-state index contributed by atoms with van der Waals surface area (Å²) in [6, 6.07) is 0. The number of hydrogen-bond acceptors (Lipinski definition) is 3. The van der Waals surface area contributed by atoms with Gasteiger partial charge >= 0.3 is 5.97 Å². The first-order valence-corrected chi connectivity index (χ1v) is 3.88. The van der Waals surface area contributed by atoms with Gasteiger partial charge in [0.15, 0.2) is 0 Å². The monoisotopic (exact) mass is 170 g/mol. The molecule has 0 spiro atoms. The van der Waals surface area contributed by atoms with Gasteiger partial charge in [-0.2, -0.15) is 0 Å². The third-order valence-corrected chi connectivity index (χ3v) is 1.05. The number of esters is 1. The SMILES string of the molecule is C=CC=C(OCC)C(=O)OCC. The predicted molar refractivity (Wildman–Crippen MR) is 46.5 cm³/mol. The van der Waals surface area contributed by atoms with Crippen molar-refractivity contribution in [2.75, 3.05) is 13.2 Å². The van der Waals surface area contributed by atoms with Gasteiger partial charge in [-0.05, 0) is 19.9 Å². The minimum atomic E-state index is -0.445. The number of carbonyl (C=O) groups is 1. The Morgan fingerprint density at radius 2 is 1.92 bits per heavy atom. The van der Waals surface area contributed by atoms with Crippen molar-refractivity contribution >= 4 is 5.97 Å². The number of ether oxygens (including phenoxy) is 2. The zero-order chi connectivity index (χ0) is 9.40. The van der Waals surface area contributed by atoms with Gasteiger partial charge in [0.2, 0.25) is 5.76 Å². The average molecular weight is 170 g/mol. The van der Waals surface area contributed by atoms with E-state index in [0.717, 1.165) is 0 Å². The van der Waals surface area contributed by atoms with Crippen molar-refractivity contribution in [1.29, 1.82) is 0 Å². The second kappa shape index (κ2) is 6.46. The molecule has 0 aromatic carbocycles. The first kappa shape index (κ1) is 10.8. The molecule has 0 aliphatic carbocycles. The lowest BCUT2D eigenvalue weighted by atomic mass is 10.4. The number of rotatable bonds is 5. The van der Waals surface area contributed by atoms with Crippen molar-refractivity contribution in [2.24, 2.45) is 0 Å². The van der Waals surface area contributed by atoms with Gasteiger partial charge in [-0.25, -0.2) is 4.79 Å². The van der Waals surface area contributed by atoms with Gasteiger partial charge in [-0.15, -0.1) is 0 Å². The third-order valence-electron chi connectivity index (χ3n) is 1.05. The fourth-order valence-corrected chi connectivity index (χ4v) is 0.640. The number of hydrogen-bond donors (Lipinski definition) is 0. The minimum absolute atomic E-state index is 0.203. The van der Waals surface area contributed by atoms with Crippen LogP contribution in [0.2, 0.25) is 0 Å². The Hall–Kier alpha value is -1.25. The van der Waals surface area contributed by atoms with Crippen molar-refractivity contribution in [3.05, 3.63) is 24.5 Å². The molecule has 0 aliphatic heterocycles. The van der Waals surface area contributed by atoms with E-state index in [1.54, 1.807) is 13.8 Å². The second-order valence-corrected chi connectivity index (χ2v) is 1.92. The van der Waals surface area contributed by atoms with Crippen molar-refractivity contribution in [3.8, 4) is 0 Å². The standard InChI is InChI=1S/C9H14O3/c1-4-7-8(11-5-2)9(10)12-6-3/h4,7H,1,5-6H2,2-3H3. The molecule has 0 aliphatic rings. The summed E-state index contributed by atoms with van der Waals surface area (Å²) in [5.74, 6) is -0.242. The van der Waals surface area contributed by atoms with Crippen LogP contribution < -0.4 is 0 Å². The molecular weight excluding hydrogens is 156 g/mol. The maximum Gasteiger partial charge on any atom is 0.373 e. The van der Waals surface area contributed by atoms with E-state index >= 15 is 0 Å². The summed E-state index contributed by atoms with van der Waals surface area (Å²) in [7, 11) is 0. The highest BCUT2D eigenvalue weighted by atomic mass is 16.6. The van der Waals surface area contributed by atoms with Crippen LogP contribution in [0.25, 0.3) is 0 Å². The van der Waals surface area contributed by atoms with E-state index < -0.39 is 5.97 Å². The normalized spacial score (nSPS) is 10.7. The van der Waals surface area contributed by atoms with Crippen LogP contribution in [0.15, 0.2) is 24.5 Å². The van der Waals surface area contributed by atoms with Gasteiger partial charge in [-0.1, -0.05) is 12.7 Å². The molecule has 0 aromatic heterocycles. The van der Waals surface area contributed by atoms with E-state index in [1.165, 1.54) is 12.2 Å². The van der Waals surface area contributed by atoms with Gasteiger partial charge in [0, 0.05) is 0 Å². The Morgan fingerprint density at radius 3 is 2.33 bits per heavy atom. The average Bonchev–Trinajstić information content (AvgIpc) is 2.04. The van der Waals surface area contributed by atoms with Crippen molar-refractivity contribution in [3.63, 3.8) is 0 Å². The summed E-state index contributed by atoms with van der Waals surface area (Å²) in [6.45, 7) is 7.80. The maximum absolute atomic E-state index is 11.1. The van der Waals surface area contributed by atoms with Crippen LogP contribution in [0, 0.1) is 0 Å². The Kier molecular flexibility index (Phi) is 5.79. The molecule has 0 heterocycles. The predicted octanol–water partition coefficient (Wildman–Crippen LogP) is 1.66. The lowest BCUT2D eigenvalue weighted by Crippen LogP contribution is -2.10. The Labute approximate surface area is 72.7 Å². The quantitative estimate of drug-likeness (QED) is 0.272. The number of carbonyl (C=O) groups excluding carboxylic acids is 1. The van der Waals surface area contributed by atoms with E-state index in [0.29, 0.717) is 13.2 Å². The maximum atomic E-state index is 11.1. The Balaban J connectivity index is 4.19. The molecule has 0 amide bonds. The molecule has 3 heteroatoms. The molecule has 0 N–H and O–H groups in total. The van der Waals surface area contributed by atoms with E-state index in [4.69, 9.17) is 9.47 Å². The van der Waals surface area contributed by atoms with E-state index in [9.17, 15) is 4.79 Å². The summed E-state index contributed by atoms with van der Waals surface area (Å²) in [6.07, 6.45) is 2.98. The van der Waals surface area contributed by atoms with Crippen LogP contribution in [-0.4, -0.2) is 19.2 Å². The molecule has 0 saturated carbocycles. The van der Waals surface area contributed by atoms with Gasteiger partial charge in [0.1, 0.15) is 0 Å². The van der Waals surface area contributed by atoms with Crippen LogP contribution in [0.4, 0.5) is 0 Å². The van der Waals surface area contributed by atoms with Crippen molar-refractivity contribution in [1.82, 2.24) is 0 Å². The smallest absolute Gasteiger partial charge is 0.373 e. The van der Waals surface area contributed by atoms with Crippen molar-refractivity contribution < 1.29 is 14.3 Å². The van der Waals surface area contributed by atoms with E-state index in [-0.39, 0.29) is 5.76 Å². The molecular formula is C9H14O3. The van der Waals surface area contributed by atoms with E-state index in [2.05, 4.69) is 6.58 Å². The molecule has 0 unspecified atom stereocenters. The zero-order valence-corrected chi connectivity index (χ0v) is 7.50. The van der Waals surface area contributed by atoms with Crippen molar-refractivity contribution in [2.45, 2.75) is 13.8 Å². The fraction of sp³-hybridized carbons (Fsp3) is 0.444. The molecule has 0 atom stereocenters. The van der Waals surface area contributed by atoms with Crippen LogP contribution >= 0.6 is 0 Å². The molecule has 12 heavy (non-hydrogen) atoms. The highest BCUT2D eigenvalue weighted by Gasteiger charge is 2.09. The van der Waals surface area contributed by atoms with Crippen LogP contribution in [0.3, 0.4) is 0 Å². The topological polar surface area (TPSA) is 35.5 Å². The van der Waals surface area contributed by atoms with Crippen LogP contribution in [0.1, 0.15) is 13.8 Å². The number of allylic oxidation sites excluding steroid dienone is 2.